The average molecular weight is 411 g/mol. The molecule has 5 heteroatoms. The van der Waals surface area contributed by atoms with E-state index in [1.54, 1.807) is 6.92 Å². The minimum atomic E-state index is 0.100. The number of hydrogen-bond acceptors (Lipinski definition) is 3. The van der Waals surface area contributed by atoms with E-state index in [4.69, 9.17) is 4.98 Å². The number of hydrogen-bond donors (Lipinski definition) is 1. The summed E-state index contributed by atoms with van der Waals surface area (Å²) in [6.07, 6.45) is 0.897. The molecule has 1 amide bonds. The molecular weight excluding hydrogens is 384 g/mol. The van der Waals surface area contributed by atoms with Gasteiger partial charge < -0.3 is 14.8 Å². The van der Waals surface area contributed by atoms with Crippen molar-refractivity contribution in [2.45, 2.75) is 32.9 Å². The first-order valence-electron chi connectivity index (χ1n) is 10.8. The Kier molecular flexibility index (Phi) is 4.94. The number of amides is 1. The Bertz CT molecular complexity index is 1240. The van der Waals surface area contributed by atoms with Crippen LogP contribution in [-0.2, 0) is 17.8 Å². The topological polar surface area (TPSA) is 50.2 Å². The Labute approximate surface area is 182 Å². The van der Waals surface area contributed by atoms with Crippen LogP contribution in [0.1, 0.15) is 36.8 Å². The highest BCUT2D eigenvalue weighted by Crippen LogP contribution is 2.31. The second-order valence-electron chi connectivity index (χ2n) is 8.09. The SMILES string of the molecule is CC(=O)N1CCc2cc(NCc3nc4ccccc4n3C(C)c3ccccc3)ccc21. The zero-order valence-electron chi connectivity index (χ0n) is 17.9. The first-order valence-corrected chi connectivity index (χ1v) is 10.8. The highest BCUT2D eigenvalue weighted by Gasteiger charge is 2.22. The van der Waals surface area contributed by atoms with Gasteiger partial charge in [0, 0.05) is 24.8 Å². The van der Waals surface area contributed by atoms with Gasteiger partial charge in [-0.1, -0.05) is 42.5 Å². The number of carbonyl (C=O) groups excluding carboxylic acids is 1. The van der Waals surface area contributed by atoms with Crippen LogP contribution in [0.5, 0.6) is 0 Å². The summed E-state index contributed by atoms with van der Waals surface area (Å²) in [6, 6.07) is 25.3. The Balaban J connectivity index is 1.44. The van der Waals surface area contributed by atoms with Gasteiger partial charge in [-0.25, -0.2) is 4.98 Å². The van der Waals surface area contributed by atoms with Gasteiger partial charge in [0.05, 0.1) is 23.6 Å². The number of benzene rings is 3. The highest BCUT2D eigenvalue weighted by atomic mass is 16.2. The van der Waals surface area contributed by atoms with Crippen LogP contribution in [-0.4, -0.2) is 22.0 Å². The molecule has 0 radical (unpaired) electrons. The van der Waals surface area contributed by atoms with E-state index in [0.717, 1.165) is 41.2 Å². The first kappa shape index (κ1) is 19.4. The lowest BCUT2D eigenvalue weighted by Crippen LogP contribution is -2.25. The molecule has 0 aliphatic carbocycles. The van der Waals surface area contributed by atoms with Crippen molar-refractivity contribution >= 4 is 28.3 Å². The van der Waals surface area contributed by atoms with Crippen molar-refractivity contribution in [1.82, 2.24) is 9.55 Å². The second kappa shape index (κ2) is 7.91. The van der Waals surface area contributed by atoms with Crippen LogP contribution < -0.4 is 10.2 Å². The Morgan fingerprint density at radius 1 is 1.06 bits per heavy atom. The quantitative estimate of drug-likeness (QED) is 0.494. The minimum Gasteiger partial charge on any atom is -0.378 e. The number of nitrogens with zero attached hydrogens (tertiary/aromatic N) is 3. The van der Waals surface area contributed by atoms with Crippen molar-refractivity contribution in [3.05, 3.63) is 89.7 Å². The molecule has 0 fully saturated rings. The Hall–Kier alpha value is -3.60. The van der Waals surface area contributed by atoms with E-state index in [1.165, 1.54) is 11.1 Å². The van der Waals surface area contributed by atoms with Crippen molar-refractivity contribution < 1.29 is 4.79 Å². The lowest BCUT2D eigenvalue weighted by molar-refractivity contribution is -0.116. The molecule has 31 heavy (non-hydrogen) atoms. The van der Waals surface area contributed by atoms with Gasteiger partial charge in [-0.3, -0.25) is 4.79 Å². The van der Waals surface area contributed by atoms with Gasteiger partial charge in [0.15, 0.2) is 0 Å². The molecule has 156 valence electrons. The van der Waals surface area contributed by atoms with Crippen molar-refractivity contribution in [2.24, 2.45) is 0 Å². The minimum absolute atomic E-state index is 0.100. The maximum Gasteiger partial charge on any atom is 0.223 e. The standard InChI is InChI=1S/C26H26N4O/c1-18(20-8-4-3-5-9-20)30-25-11-7-6-10-23(25)28-26(30)17-27-22-12-13-24-21(16-22)14-15-29(24)19(2)31/h3-13,16,18,27H,14-15,17H2,1-2H3. The Morgan fingerprint density at radius 2 is 1.84 bits per heavy atom. The van der Waals surface area contributed by atoms with Crippen molar-refractivity contribution in [2.75, 3.05) is 16.8 Å². The molecule has 5 nitrogen and oxygen atoms in total. The zero-order chi connectivity index (χ0) is 21.4. The van der Waals surface area contributed by atoms with E-state index < -0.39 is 0 Å². The van der Waals surface area contributed by atoms with E-state index in [0.29, 0.717) is 6.54 Å². The molecule has 1 aliphatic rings. The molecule has 1 unspecified atom stereocenters. The molecule has 5 rings (SSSR count). The molecule has 3 aromatic carbocycles. The van der Waals surface area contributed by atoms with Crippen molar-refractivity contribution in [1.29, 1.82) is 0 Å². The molecule has 0 spiro atoms. The summed E-state index contributed by atoms with van der Waals surface area (Å²) in [5.41, 5.74) is 6.70. The summed E-state index contributed by atoms with van der Waals surface area (Å²) in [5, 5.41) is 3.56. The van der Waals surface area contributed by atoms with Crippen LogP contribution in [0.25, 0.3) is 11.0 Å². The number of fused-ring (bicyclic) bond motifs is 2. The summed E-state index contributed by atoms with van der Waals surface area (Å²) in [7, 11) is 0. The summed E-state index contributed by atoms with van der Waals surface area (Å²) in [6.45, 7) is 5.23. The summed E-state index contributed by atoms with van der Waals surface area (Å²) in [5.74, 6) is 1.10. The van der Waals surface area contributed by atoms with Crippen LogP contribution in [0.2, 0.25) is 0 Å². The number of nitrogens with one attached hydrogen (secondary N) is 1. The molecule has 2 heterocycles. The van der Waals surface area contributed by atoms with Crippen LogP contribution in [0.4, 0.5) is 11.4 Å². The lowest BCUT2D eigenvalue weighted by Gasteiger charge is -2.19. The smallest absolute Gasteiger partial charge is 0.223 e. The van der Waals surface area contributed by atoms with E-state index in [-0.39, 0.29) is 11.9 Å². The third-order valence-electron chi connectivity index (χ3n) is 6.14. The molecule has 1 aliphatic heterocycles. The van der Waals surface area contributed by atoms with Gasteiger partial charge in [0.25, 0.3) is 0 Å². The number of aromatic nitrogens is 2. The summed E-state index contributed by atoms with van der Waals surface area (Å²) < 4.78 is 2.32. The summed E-state index contributed by atoms with van der Waals surface area (Å²) >= 11 is 0. The fourth-order valence-electron chi connectivity index (χ4n) is 4.55. The zero-order valence-corrected chi connectivity index (χ0v) is 17.9. The molecule has 4 aromatic rings. The third kappa shape index (κ3) is 3.56. The first-order chi connectivity index (χ1) is 15.1. The van der Waals surface area contributed by atoms with Crippen LogP contribution in [0.15, 0.2) is 72.8 Å². The van der Waals surface area contributed by atoms with Gasteiger partial charge in [0.1, 0.15) is 5.82 Å². The van der Waals surface area contributed by atoms with Crippen LogP contribution in [0.3, 0.4) is 0 Å². The maximum atomic E-state index is 11.8. The van der Waals surface area contributed by atoms with E-state index in [9.17, 15) is 4.79 Å². The van der Waals surface area contributed by atoms with Gasteiger partial charge in [-0.05, 0) is 54.8 Å². The average Bonchev–Trinajstić information content (AvgIpc) is 3.38. The van der Waals surface area contributed by atoms with Crippen LogP contribution >= 0.6 is 0 Å². The van der Waals surface area contributed by atoms with Gasteiger partial charge in [-0.2, -0.15) is 0 Å². The number of anilines is 2. The van der Waals surface area contributed by atoms with E-state index in [1.807, 2.05) is 29.2 Å². The molecular formula is C26H26N4O. The van der Waals surface area contributed by atoms with Crippen molar-refractivity contribution in [3.63, 3.8) is 0 Å². The normalized spacial score (nSPS) is 13.9. The predicted molar refractivity (Wildman–Crippen MR) is 125 cm³/mol. The third-order valence-corrected chi connectivity index (χ3v) is 6.14. The van der Waals surface area contributed by atoms with Crippen molar-refractivity contribution in [3.8, 4) is 0 Å². The Morgan fingerprint density at radius 3 is 2.65 bits per heavy atom. The summed E-state index contributed by atoms with van der Waals surface area (Å²) in [4.78, 5) is 18.6. The molecule has 0 bridgehead atoms. The number of rotatable bonds is 5. The molecule has 1 aromatic heterocycles. The molecule has 0 saturated heterocycles. The predicted octanol–water partition coefficient (Wildman–Crippen LogP) is 5.17. The lowest BCUT2D eigenvalue weighted by atomic mass is 10.1. The fraction of sp³-hybridized carbons (Fsp3) is 0.231. The number of para-hydroxylation sites is 2. The van der Waals surface area contributed by atoms with Crippen LogP contribution in [0, 0.1) is 0 Å². The highest BCUT2D eigenvalue weighted by molar-refractivity contribution is 5.94. The molecule has 1 N–H and O–H groups in total. The maximum absolute atomic E-state index is 11.8. The number of carbonyl (C=O) groups is 1. The fourth-order valence-corrected chi connectivity index (χ4v) is 4.55. The van der Waals surface area contributed by atoms with E-state index in [2.05, 4.69) is 65.3 Å². The second-order valence-corrected chi connectivity index (χ2v) is 8.09. The molecule has 1 atom stereocenters. The van der Waals surface area contributed by atoms with E-state index >= 15 is 0 Å². The molecule has 0 saturated carbocycles. The van der Waals surface area contributed by atoms with Gasteiger partial charge in [-0.15, -0.1) is 0 Å². The van der Waals surface area contributed by atoms with Gasteiger partial charge >= 0.3 is 0 Å². The largest absolute Gasteiger partial charge is 0.378 e. The monoisotopic (exact) mass is 410 g/mol. The number of imidazole rings is 1. The van der Waals surface area contributed by atoms with Gasteiger partial charge in [0.2, 0.25) is 5.91 Å².